The Hall–Kier alpha value is -3.82. The minimum atomic E-state index is -0.303. The normalized spacial score (nSPS) is 12.6. The monoisotopic (exact) mass is 578 g/mol. The number of anilines is 1. The van der Waals surface area contributed by atoms with E-state index in [-0.39, 0.29) is 11.7 Å². The Morgan fingerprint density at radius 2 is 1.65 bits per heavy atom. The maximum Gasteiger partial charge on any atom is 0.251 e. The van der Waals surface area contributed by atoms with Gasteiger partial charge in [-0.1, -0.05) is 47.6 Å². The third-order valence-electron chi connectivity index (χ3n) is 6.65. The number of rotatable bonds is 9. The van der Waals surface area contributed by atoms with Crippen LogP contribution >= 0.6 is 23.4 Å². The predicted octanol–water partition coefficient (Wildman–Crippen LogP) is 6.07. The first-order valence-corrected chi connectivity index (χ1v) is 14.1. The first kappa shape index (κ1) is 27.7. The second kappa shape index (κ2) is 12.6. The van der Waals surface area contributed by atoms with Gasteiger partial charge >= 0.3 is 0 Å². The van der Waals surface area contributed by atoms with E-state index in [0.29, 0.717) is 40.5 Å². The van der Waals surface area contributed by atoms with Crippen LogP contribution in [0, 0.1) is 5.82 Å². The summed E-state index contributed by atoms with van der Waals surface area (Å²) in [7, 11) is 3.28. The molecule has 2 heterocycles. The summed E-state index contributed by atoms with van der Waals surface area (Å²) in [5.41, 5.74) is 4.80. The van der Waals surface area contributed by atoms with Crippen LogP contribution in [0.4, 0.5) is 10.2 Å². The summed E-state index contributed by atoms with van der Waals surface area (Å²) in [4.78, 5) is 23.9. The molecule has 0 saturated carbocycles. The van der Waals surface area contributed by atoms with Crippen molar-refractivity contribution < 1.29 is 18.7 Å². The molecule has 1 N–H and O–H groups in total. The standard InChI is InChI=1S/C30H28ClFN4O3S/c1-38-25-13-22-11-12-36(17-23(22)14-26(25)39-2)28-15-27(31)34-30(35-28)40-18-20-3-7-21(8-4-20)29(37)33-16-19-5-9-24(32)10-6-19/h3-10,13-15H,11-12,16-18H2,1-2H3,(H,33,37). The highest BCUT2D eigenvalue weighted by atomic mass is 35.5. The summed E-state index contributed by atoms with van der Waals surface area (Å²) in [5, 5.41) is 3.83. The minimum absolute atomic E-state index is 0.189. The van der Waals surface area contributed by atoms with E-state index in [0.717, 1.165) is 41.2 Å². The van der Waals surface area contributed by atoms with Gasteiger partial charge < -0.3 is 19.7 Å². The zero-order chi connectivity index (χ0) is 28.1. The largest absolute Gasteiger partial charge is 0.493 e. The number of thioether (sulfide) groups is 1. The van der Waals surface area contributed by atoms with Gasteiger partial charge in [-0.05, 0) is 65.1 Å². The van der Waals surface area contributed by atoms with Crippen molar-refractivity contribution in [2.24, 2.45) is 0 Å². The molecule has 1 aliphatic heterocycles. The highest BCUT2D eigenvalue weighted by Crippen LogP contribution is 2.35. The van der Waals surface area contributed by atoms with E-state index in [1.54, 1.807) is 44.6 Å². The fourth-order valence-corrected chi connectivity index (χ4v) is 5.51. The summed E-state index contributed by atoms with van der Waals surface area (Å²) >= 11 is 7.87. The van der Waals surface area contributed by atoms with Crippen molar-refractivity contribution in [1.29, 1.82) is 0 Å². The van der Waals surface area contributed by atoms with Crippen LogP contribution in [0.5, 0.6) is 11.5 Å². The number of halogens is 2. The molecule has 0 fully saturated rings. The molecule has 1 amide bonds. The summed E-state index contributed by atoms with van der Waals surface area (Å²) in [6.45, 7) is 1.80. The molecule has 0 saturated heterocycles. The van der Waals surface area contributed by atoms with Gasteiger partial charge in [-0.2, -0.15) is 0 Å². The molecule has 0 atom stereocenters. The van der Waals surface area contributed by atoms with E-state index in [4.69, 9.17) is 26.1 Å². The number of benzene rings is 3. The molecule has 40 heavy (non-hydrogen) atoms. The maximum atomic E-state index is 13.1. The predicted molar refractivity (Wildman–Crippen MR) is 155 cm³/mol. The highest BCUT2D eigenvalue weighted by Gasteiger charge is 2.21. The first-order chi connectivity index (χ1) is 19.4. The first-order valence-electron chi connectivity index (χ1n) is 12.7. The molecule has 0 bridgehead atoms. The van der Waals surface area contributed by atoms with Crippen molar-refractivity contribution in [2.75, 3.05) is 25.7 Å². The van der Waals surface area contributed by atoms with Crippen molar-refractivity contribution >= 4 is 35.1 Å². The molecule has 1 aliphatic rings. The molecule has 3 aromatic carbocycles. The summed E-state index contributed by atoms with van der Waals surface area (Å²) < 4.78 is 24.0. The quantitative estimate of drug-likeness (QED) is 0.147. The molecule has 0 aliphatic carbocycles. The van der Waals surface area contributed by atoms with Crippen LogP contribution < -0.4 is 19.7 Å². The number of carbonyl (C=O) groups excluding carboxylic acids is 1. The number of aromatic nitrogens is 2. The average Bonchev–Trinajstić information content (AvgIpc) is 2.98. The van der Waals surface area contributed by atoms with Crippen LogP contribution in [-0.4, -0.2) is 36.6 Å². The second-order valence-corrected chi connectivity index (χ2v) is 10.6. The topological polar surface area (TPSA) is 76.6 Å². The molecular weight excluding hydrogens is 551 g/mol. The van der Waals surface area contributed by atoms with Gasteiger partial charge in [0.1, 0.15) is 16.8 Å². The van der Waals surface area contributed by atoms with Gasteiger partial charge in [-0.25, -0.2) is 14.4 Å². The minimum Gasteiger partial charge on any atom is -0.493 e. The van der Waals surface area contributed by atoms with Crippen LogP contribution in [0.2, 0.25) is 5.15 Å². The van der Waals surface area contributed by atoms with Gasteiger partial charge in [0.2, 0.25) is 0 Å². The van der Waals surface area contributed by atoms with Crippen molar-refractivity contribution in [3.8, 4) is 11.5 Å². The van der Waals surface area contributed by atoms with Crippen LogP contribution in [-0.2, 0) is 25.3 Å². The molecule has 7 nitrogen and oxygen atoms in total. The zero-order valence-corrected chi connectivity index (χ0v) is 23.7. The zero-order valence-electron chi connectivity index (χ0n) is 22.1. The van der Waals surface area contributed by atoms with E-state index >= 15 is 0 Å². The number of amides is 1. The Morgan fingerprint density at radius 1 is 0.975 bits per heavy atom. The van der Waals surface area contributed by atoms with E-state index in [1.807, 2.05) is 24.3 Å². The van der Waals surface area contributed by atoms with Gasteiger partial charge in [-0.15, -0.1) is 0 Å². The lowest BCUT2D eigenvalue weighted by atomic mass is 9.99. The molecule has 4 aromatic rings. The van der Waals surface area contributed by atoms with E-state index < -0.39 is 0 Å². The Morgan fingerprint density at radius 3 is 2.35 bits per heavy atom. The van der Waals surface area contributed by atoms with Crippen molar-refractivity contribution in [1.82, 2.24) is 15.3 Å². The van der Waals surface area contributed by atoms with Gasteiger partial charge in [0.15, 0.2) is 16.7 Å². The summed E-state index contributed by atoms with van der Waals surface area (Å²) in [5.74, 6) is 2.34. The number of ether oxygens (including phenoxy) is 2. The van der Waals surface area contributed by atoms with Crippen LogP contribution in [0.25, 0.3) is 0 Å². The van der Waals surface area contributed by atoms with Gasteiger partial charge in [-0.3, -0.25) is 4.79 Å². The molecule has 10 heteroatoms. The molecule has 0 unspecified atom stereocenters. The molecule has 206 valence electrons. The number of hydrogen-bond donors (Lipinski definition) is 1. The third-order valence-corrected chi connectivity index (χ3v) is 7.77. The lowest BCUT2D eigenvalue weighted by Crippen LogP contribution is -2.31. The number of carbonyl (C=O) groups is 1. The van der Waals surface area contributed by atoms with Crippen molar-refractivity contribution in [2.45, 2.75) is 30.4 Å². The van der Waals surface area contributed by atoms with Crippen LogP contribution in [0.3, 0.4) is 0 Å². The molecule has 1 aromatic heterocycles. The second-order valence-electron chi connectivity index (χ2n) is 9.27. The Kier molecular flexibility index (Phi) is 8.72. The van der Waals surface area contributed by atoms with Gasteiger partial charge in [0, 0.05) is 37.0 Å². The van der Waals surface area contributed by atoms with Crippen molar-refractivity contribution in [3.05, 3.63) is 106 Å². The number of hydrogen-bond acceptors (Lipinski definition) is 7. The Bertz CT molecular complexity index is 1500. The van der Waals surface area contributed by atoms with E-state index in [9.17, 15) is 9.18 Å². The van der Waals surface area contributed by atoms with E-state index in [2.05, 4.69) is 15.2 Å². The Labute approximate surface area is 241 Å². The van der Waals surface area contributed by atoms with Gasteiger partial charge in [0.05, 0.1) is 14.2 Å². The van der Waals surface area contributed by atoms with Crippen LogP contribution in [0.15, 0.2) is 71.9 Å². The fourth-order valence-electron chi connectivity index (χ4n) is 4.48. The number of nitrogens with one attached hydrogen (secondary N) is 1. The lowest BCUT2D eigenvalue weighted by Gasteiger charge is -2.30. The fraction of sp³-hybridized carbons (Fsp3) is 0.233. The lowest BCUT2D eigenvalue weighted by molar-refractivity contribution is 0.0951. The van der Waals surface area contributed by atoms with Crippen LogP contribution in [0.1, 0.15) is 32.6 Å². The smallest absolute Gasteiger partial charge is 0.251 e. The van der Waals surface area contributed by atoms with E-state index in [1.165, 1.54) is 29.5 Å². The summed E-state index contributed by atoms with van der Waals surface area (Å²) in [6.07, 6.45) is 0.851. The molecule has 5 rings (SSSR count). The molecule has 0 spiro atoms. The number of methoxy groups -OCH3 is 2. The molecular formula is C30H28ClFN4O3S. The van der Waals surface area contributed by atoms with Crippen molar-refractivity contribution in [3.63, 3.8) is 0 Å². The third kappa shape index (κ3) is 6.66. The molecule has 0 radical (unpaired) electrons. The number of fused-ring (bicyclic) bond motifs is 1. The Balaban J connectivity index is 1.20. The maximum absolute atomic E-state index is 13.1. The summed E-state index contributed by atoms with van der Waals surface area (Å²) in [6, 6.07) is 19.3. The average molecular weight is 579 g/mol. The number of nitrogens with zero attached hydrogens (tertiary/aromatic N) is 3. The van der Waals surface area contributed by atoms with Gasteiger partial charge in [0.25, 0.3) is 5.91 Å². The SMILES string of the molecule is COc1cc2c(cc1OC)CN(c1cc(Cl)nc(SCc3ccc(C(=O)NCc4ccc(F)cc4)cc3)n1)CC2. The highest BCUT2D eigenvalue weighted by molar-refractivity contribution is 7.98.